The molecule has 0 saturated carbocycles. The number of nitrogens with one attached hydrogen (secondary N) is 1. The number of esters is 1. The van der Waals surface area contributed by atoms with E-state index < -0.39 is 20.9 Å². The number of hydrogen-bond acceptors (Lipinski definition) is 6. The normalized spacial score (nSPS) is 11.3. The predicted molar refractivity (Wildman–Crippen MR) is 95.4 cm³/mol. The fourth-order valence-electron chi connectivity index (χ4n) is 2.02. The van der Waals surface area contributed by atoms with Gasteiger partial charge in [0.25, 0.3) is 15.7 Å². The molecule has 0 saturated heterocycles. The van der Waals surface area contributed by atoms with E-state index in [0.29, 0.717) is 0 Å². The van der Waals surface area contributed by atoms with Gasteiger partial charge >= 0.3 is 5.97 Å². The lowest BCUT2D eigenvalue weighted by molar-refractivity contribution is -0.385. The lowest BCUT2D eigenvalue weighted by Crippen LogP contribution is -2.16. The van der Waals surface area contributed by atoms with Crippen LogP contribution in [0.1, 0.15) is 17.3 Å². The molecule has 9 heteroatoms. The van der Waals surface area contributed by atoms with Gasteiger partial charge in [-0.05, 0) is 25.1 Å². The van der Waals surface area contributed by atoms with Crippen LogP contribution >= 0.6 is 0 Å². The molecule has 0 aliphatic carbocycles. The van der Waals surface area contributed by atoms with Crippen LogP contribution < -0.4 is 4.72 Å². The first-order valence-corrected chi connectivity index (χ1v) is 8.98. The Labute approximate surface area is 150 Å². The van der Waals surface area contributed by atoms with Crippen molar-refractivity contribution in [1.82, 2.24) is 0 Å². The number of nitro groups is 1. The standard InChI is InChI=1S/C17H16N2O6S/c1-2-3-11-25-17(20)15-9-4-5-10-16(15)18-26(23,24)14-8-6-7-13(12-14)19(21)22/h2-10,12,18H,11H2,1H3/b3-2+. The maximum absolute atomic E-state index is 12.5. The predicted octanol–water partition coefficient (Wildman–Crippen LogP) is 3.13. The molecule has 0 amide bonds. The summed E-state index contributed by atoms with van der Waals surface area (Å²) in [6.45, 7) is 1.83. The van der Waals surface area contributed by atoms with Crippen molar-refractivity contribution in [1.29, 1.82) is 0 Å². The van der Waals surface area contributed by atoms with Crippen LogP contribution in [0.2, 0.25) is 0 Å². The van der Waals surface area contributed by atoms with Crippen molar-refractivity contribution in [2.75, 3.05) is 11.3 Å². The van der Waals surface area contributed by atoms with E-state index in [-0.39, 0.29) is 28.4 Å². The summed E-state index contributed by atoms with van der Waals surface area (Å²) in [7, 11) is -4.13. The van der Waals surface area contributed by atoms with Crippen LogP contribution in [0.15, 0.2) is 65.6 Å². The molecule has 0 radical (unpaired) electrons. The minimum Gasteiger partial charge on any atom is -0.458 e. The van der Waals surface area contributed by atoms with E-state index in [4.69, 9.17) is 4.74 Å². The highest BCUT2D eigenvalue weighted by Crippen LogP contribution is 2.23. The number of benzene rings is 2. The third-order valence-electron chi connectivity index (χ3n) is 3.28. The lowest BCUT2D eigenvalue weighted by atomic mass is 10.2. The van der Waals surface area contributed by atoms with Gasteiger partial charge in [-0.3, -0.25) is 14.8 Å². The van der Waals surface area contributed by atoms with Gasteiger partial charge in [0.15, 0.2) is 0 Å². The van der Waals surface area contributed by atoms with Crippen LogP contribution in [0.5, 0.6) is 0 Å². The zero-order chi connectivity index (χ0) is 19.2. The number of ether oxygens (including phenoxy) is 1. The Hall–Kier alpha value is -3.20. The quantitative estimate of drug-likeness (QED) is 0.343. The van der Waals surface area contributed by atoms with Crippen LogP contribution in [0.4, 0.5) is 11.4 Å². The molecule has 8 nitrogen and oxygen atoms in total. The van der Waals surface area contributed by atoms with Crippen LogP contribution in [-0.4, -0.2) is 25.9 Å². The Bertz CT molecular complexity index is 953. The second-order valence-corrected chi connectivity index (χ2v) is 6.76. The van der Waals surface area contributed by atoms with Gasteiger partial charge in [-0.15, -0.1) is 0 Å². The third kappa shape index (κ3) is 4.67. The number of rotatable bonds is 7. The summed E-state index contributed by atoms with van der Waals surface area (Å²) >= 11 is 0. The van der Waals surface area contributed by atoms with E-state index in [2.05, 4.69) is 4.72 Å². The van der Waals surface area contributed by atoms with Crippen molar-refractivity contribution in [3.05, 3.63) is 76.4 Å². The van der Waals surface area contributed by atoms with Crippen molar-refractivity contribution in [3.63, 3.8) is 0 Å². The van der Waals surface area contributed by atoms with Gasteiger partial charge in [-0.1, -0.05) is 30.4 Å². The molecule has 0 aliphatic heterocycles. The van der Waals surface area contributed by atoms with Crippen LogP contribution in [0.3, 0.4) is 0 Å². The molecule has 136 valence electrons. The van der Waals surface area contributed by atoms with E-state index in [1.807, 2.05) is 0 Å². The monoisotopic (exact) mass is 376 g/mol. The largest absolute Gasteiger partial charge is 0.458 e. The van der Waals surface area contributed by atoms with Crippen LogP contribution in [0, 0.1) is 10.1 Å². The number of carbonyl (C=O) groups excluding carboxylic acids is 1. The number of hydrogen-bond donors (Lipinski definition) is 1. The van der Waals surface area contributed by atoms with Crippen LogP contribution in [-0.2, 0) is 14.8 Å². The van der Waals surface area contributed by atoms with Gasteiger partial charge < -0.3 is 4.74 Å². The van der Waals surface area contributed by atoms with Crippen molar-refractivity contribution in [3.8, 4) is 0 Å². The first-order chi connectivity index (χ1) is 12.3. The minimum absolute atomic E-state index is 0.0180. The highest BCUT2D eigenvalue weighted by molar-refractivity contribution is 7.92. The van der Waals surface area contributed by atoms with Gasteiger partial charge in [0, 0.05) is 12.1 Å². The number of allylic oxidation sites excluding steroid dienone is 1. The maximum Gasteiger partial charge on any atom is 0.340 e. The average molecular weight is 376 g/mol. The van der Waals surface area contributed by atoms with Gasteiger partial charge in [-0.2, -0.15) is 0 Å². The fourth-order valence-corrected chi connectivity index (χ4v) is 3.13. The van der Waals surface area contributed by atoms with Gasteiger partial charge in [-0.25, -0.2) is 13.2 Å². The molecule has 2 aromatic rings. The summed E-state index contributed by atoms with van der Waals surface area (Å²) in [6, 6.07) is 10.6. The first kappa shape index (κ1) is 19.1. The second kappa shape index (κ2) is 8.26. The van der Waals surface area contributed by atoms with Crippen LogP contribution in [0.25, 0.3) is 0 Å². The van der Waals surface area contributed by atoms with E-state index in [9.17, 15) is 23.3 Å². The lowest BCUT2D eigenvalue weighted by Gasteiger charge is -2.12. The molecule has 0 bridgehead atoms. The van der Waals surface area contributed by atoms with Crippen molar-refractivity contribution >= 4 is 27.4 Å². The molecule has 0 atom stereocenters. The molecule has 26 heavy (non-hydrogen) atoms. The zero-order valence-electron chi connectivity index (χ0n) is 13.8. The molecular formula is C17H16N2O6S. The molecule has 0 aromatic heterocycles. The number of non-ortho nitro benzene ring substituents is 1. The average Bonchev–Trinajstić information content (AvgIpc) is 2.62. The molecule has 0 heterocycles. The second-order valence-electron chi connectivity index (χ2n) is 5.07. The third-order valence-corrected chi connectivity index (χ3v) is 4.64. The number of nitro benzene ring substituents is 1. The summed E-state index contributed by atoms with van der Waals surface area (Å²) in [5.41, 5.74) is -0.303. The minimum atomic E-state index is -4.13. The summed E-state index contributed by atoms with van der Waals surface area (Å²) in [4.78, 5) is 22.0. The van der Waals surface area contributed by atoms with Crippen molar-refractivity contribution < 1.29 is 22.9 Å². The van der Waals surface area contributed by atoms with Crippen molar-refractivity contribution in [2.24, 2.45) is 0 Å². The number of nitrogens with zero attached hydrogens (tertiary/aromatic N) is 1. The van der Waals surface area contributed by atoms with E-state index >= 15 is 0 Å². The van der Waals surface area contributed by atoms with Gasteiger partial charge in [0.1, 0.15) is 6.61 Å². The Morgan fingerprint density at radius 3 is 2.65 bits per heavy atom. The Morgan fingerprint density at radius 1 is 1.23 bits per heavy atom. The number of sulfonamides is 1. The summed E-state index contributed by atoms with van der Waals surface area (Å²) < 4.78 is 32.3. The smallest absolute Gasteiger partial charge is 0.340 e. The van der Waals surface area contributed by atoms with Crippen molar-refractivity contribution in [2.45, 2.75) is 11.8 Å². The SMILES string of the molecule is C/C=C/COC(=O)c1ccccc1NS(=O)(=O)c1cccc([N+](=O)[O-])c1. The molecule has 0 unspecified atom stereocenters. The van der Waals surface area contributed by atoms with E-state index in [1.54, 1.807) is 31.2 Å². The summed E-state index contributed by atoms with van der Waals surface area (Å²) in [5.74, 6) is -0.694. The topological polar surface area (TPSA) is 116 Å². The molecule has 0 fully saturated rings. The molecule has 0 aliphatic rings. The first-order valence-electron chi connectivity index (χ1n) is 7.49. The van der Waals surface area contributed by atoms with Gasteiger partial charge in [0.2, 0.25) is 0 Å². The van der Waals surface area contributed by atoms with Gasteiger partial charge in [0.05, 0.1) is 21.1 Å². The Kier molecular flexibility index (Phi) is 6.07. The number of carbonyl (C=O) groups is 1. The maximum atomic E-state index is 12.5. The highest BCUT2D eigenvalue weighted by Gasteiger charge is 2.21. The van der Waals surface area contributed by atoms with E-state index in [1.165, 1.54) is 30.3 Å². The molecule has 1 N–H and O–H groups in total. The Balaban J connectivity index is 2.31. The van der Waals surface area contributed by atoms with E-state index in [0.717, 1.165) is 6.07 Å². The molecule has 2 rings (SSSR count). The molecule has 0 spiro atoms. The summed E-state index contributed by atoms with van der Waals surface area (Å²) in [5, 5.41) is 10.8. The number of anilines is 1. The molecule has 2 aromatic carbocycles. The zero-order valence-corrected chi connectivity index (χ0v) is 14.6. The summed E-state index contributed by atoms with van der Waals surface area (Å²) in [6.07, 6.45) is 3.35. The number of para-hydroxylation sites is 1. The highest BCUT2D eigenvalue weighted by atomic mass is 32.2. The Morgan fingerprint density at radius 2 is 1.96 bits per heavy atom. The molecular weight excluding hydrogens is 360 g/mol. The fraction of sp³-hybridized carbons (Fsp3) is 0.118.